The maximum absolute atomic E-state index is 13.1. The number of amides is 1. The molecule has 0 bridgehead atoms. The summed E-state index contributed by atoms with van der Waals surface area (Å²) in [7, 11) is 3.84. The van der Waals surface area contributed by atoms with Crippen molar-refractivity contribution in [3.8, 4) is 11.1 Å². The standard InChI is InChI=1S/C24H28N4O2/c1-15-7-8-19(26-23(29)17-6-5-9-27(3)14-17)12-20(15)21-11-18-13-25-16(2)10-22(18)28(4)24(21)30/h7-8,10-13,17H,5-6,9,14H2,1-4H3,(H,26,29). The summed E-state index contributed by atoms with van der Waals surface area (Å²) < 4.78 is 1.67. The lowest BCUT2D eigenvalue weighted by molar-refractivity contribution is -0.121. The third-order valence-corrected chi connectivity index (χ3v) is 6.04. The van der Waals surface area contributed by atoms with Gasteiger partial charge in [-0.05, 0) is 75.7 Å². The third-order valence-electron chi connectivity index (χ3n) is 6.04. The van der Waals surface area contributed by atoms with E-state index in [-0.39, 0.29) is 17.4 Å². The van der Waals surface area contributed by atoms with Crippen molar-refractivity contribution in [2.24, 2.45) is 13.0 Å². The largest absolute Gasteiger partial charge is 0.326 e. The summed E-state index contributed by atoms with van der Waals surface area (Å²) in [6.45, 7) is 5.71. The van der Waals surface area contributed by atoms with E-state index in [1.54, 1.807) is 17.8 Å². The maximum atomic E-state index is 13.1. The van der Waals surface area contributed by atoms with Gasteiger partial charge in [-0.3, -0.25) is 14.6 Å². The number of hydrogen-bond acceptors (Lipinski definition) is 4. The van der Waals surface area contributed by atoms with E-state index in [0.29, 0.717) is 5.56 Å². The summed E-state index contributed by atoms with van der Waals surface area (Å²) in [4.78, 5) is 32.4. The van der Waals surface area contributed by atoms with E-state index in [0.717, 1.165) is 59.3 Å². The number of hydrogen-bond donors (Lipinski definition) is 1. The van der Waals surface area contributed by atoms with Gasteiger partial charge in [0.1, 0.15) is 0 Å². The van der Waals surface area contributed by atoms with Crippen LogP contribution in [0.3, 0.4) is 0 Å². The molecule has 2 aromatic heterocycles. The highest BCUT2D eigenvalue weighted by Crippen LogP contribution is 2.27. The number of anilines is 1. The molecule has 6 heteroatoms. The van der Waals surface area contributed by atoms with Crippen LogP contribution in [0.5, 0.6) is 0 Å². The fourth-order valence-electron chi connectivity index (χ4n) is 4.27. The van der Waals surface area contributed by atoms with Crippen molar-refractivity contribution in [3.05, 3.63) is 58.1 Å². The number of aryl methyl sites for hydroxylation is 3. The molecule has 3 aromatic rings. The molecule has 0 spiro atoms. The molecule has 4 rings (SSSR count). The van der Waals surface area contributed by atoms with Crippen LogP contribution in [-0.2, 0) is 11.8 Å². The molecule has 1 aliphatic heterocycles. The Bertz CT molecular complexity index is 1180. The van der Waals surface area contributed by atoms with Gasteiger partial charge in [-0.2, -0.15) is 0 Å². The summed E-state index contributed by atoms with van der Waals surface area (Å²) in [5.41, 5.74) is 4.83. The molecule has 1 N–H and O–H groups in total. The number of likely N-dealkylation sites (tertiary alicyclic amines) is 1. The van der Waals surface area contributed by atoms with Gasteiger partial charge in [0.05, 0.1) is 11.4 Å². The molecule has 1 saturated heterocycles. The van der Waals surface area contributed by atoms with Gasteiger partial charge in [-0.25, -0.2) is 0 Å². The second-order valence-electron chi connectivity index (χ2n) is 8.43. The maximum Gasteiger partial charge on any atom is 0.258 e. The lowest BCUT2D eigenvalue weighted by atomic mass is 9.97. The highest BCUT2D eigenvalue weighted by atomic mass is 16.2. The van der Waals surface area contributed by atoms with Gasteiger partial charge in [0, 0.05) is 42.1 Å². The number of benzene rings is 1. The lowest BCUT2D eigenvalue weighted by Crippen LogP contribution is -2.38. The molecule has 0 saturated carbocycles. The van der Waals surface area contributed by atoms with Crippen LogP contribution in [0.1, 0.15) is 24.1 Å². The SMILES string of the molecule is Cc1cc2c(cn1)cc(-c1cc(NC(=O)C3CCCN(C)C3)ccc1C)c(=O)n2C. The minimum absolute atomic E-state index is 0.00337. The van der Waals surface area contributed by atoms with Crippen molar-refractivity contribution in [2.45, 2.75) is 26.7 Å². The van der Waals surface area contributed by atoms with E-state index < -0.39 is 0 Å². The number of piperidine rings is 1. The Hall–Kier alpha value is -2.99. The van der Waals surface area contributed by atoms with Gasteiger partial charge in [0.2, 0.25) is 5.91 Å². The zero-order valence-corrected chi connectivity index (χ0v) is 18.0. The van der Waals surface area contributed by atoms with Crippen molar-refractivity contribution in [1.29, 1.82) is 0 Å². The Morgan fingerprint density at radius 2 is 1.93 bits per heavy atom. The lowest BCUT2D eigenvalue weighted by Gasteiger charge is -2.28. The molecule has 3 heterocycles. The van der Waals surface area contributed by atoms with Crippen LogP contribution < -0.4 is 10.9 Å². The topological polar surface area (TPSA) is 67.2 Å². The van der Waals surface area contributed by atoms with E-state index in [2.05, 4.69) is 22.2 Å². The number of carbonyl (C=O) groups excluding carboxylic acids is 1. The second kappa shape index (κ2) is 8.03. The Balaban J connectivity index is 1.70. The van der Waals surface area contributed by atoms with Crippen LogP contribution in [0.25, 0.3) is 22.0 Å². The minimum atomic E-state index is -0.0615. The number of pyridine rings is 2. The van der Waals surface area contributed by atoms with Crippen LogP contribution in [0, 0.1) is 19.8 Å². The molecule has 1 aliphatic rings. The third kappa shape index (κ3) is 3.87. The predicted molar refractivity (Wildman–Crippen MR) is 121 cm³/mol. The van der Waals surface area contributed by atoms with Gasteiger partial charge >= 0.3 is 0 Å². The first-order valence-corrected chi connectivity index (χ1v) is 10.4. The Labute approximate surface area is 176 Å². The van der Waals surface area contributed by atoms with E-state index >= 15 is 0 Å². The molecule has 1 fully saturated rings. The summed E-state index contributed by atoms with van der Waals surface area (Å²) in [5, 5.41) is 3.98. The average Bonchev–Trinajstić information content (AvgIpc) is 2.72. The van der Waals surface area contributed by atoms with Gasteiger partial charge in [-0.1, -0.05) is 6.07 Å². The molecule has 0 aliphatic carbocycles. The normalized spacial score (nSPS) is 17.3. The van der Waals surface area contributed by atoms with Crippen LogP contribution in [0.2, 0.25) is 0 Å². The highest BCUT2D eigenvalue weighted by Gasteiger charge is 2.24. The van der Waals surface area contributed by atoms with Crippen molar-refractivity contribution < 1.29 is 4.79 Å². The molecule has 0 radical (unpaired) electrons. The van der Waals surface area contributed by atoms with Gasteiger partial charge in [0.25, 0.3) is 5.56 Å². The zero-order chi connectivity index (χ0) is 21.4. The molecular weight excluding hydrogens is 376 g/mol. The highest BCUT2D eigenvalue weighted by molar-refractivity contribution is 5.94. The minimum Gasteiger partial charge on any atom is -0.326 e. The van der Waals surface area contributed by atoms with Crippen molar-refractivity contribution in [1.82, 2.24) is 14.5 Å². The fourth-order valence-corrected chi connectivity index (χ4v) is 4.27. The zero-order valence-electron chi connectivity index (χ0n) is 18.0. The van der Waals surface area contributed by atoms with Crippen LogP contribution in [0.15, 0.2) is 41.3 Å². The molecule has 1 unspecified atom stereocenters. The van der Waals surface area contributed by atoms with Crippen LogP contribution in [0.4, 0.5) is 5.69 Å². The van der Waals surface area contributed by atoms with Crippen molar-refractivity contribution >= 4 is 22.5 Å². The van der Waals surface area contributed by atoms with E-state index in [4.69, 9.17) is 0 Å². The smallest absolute Gasteiger partial charge is 0.258 e. The summed E-state index contributed by atoms with van der Waals surface area (Å²) in [5.74, 6) is 0.0406. The summed E-state index contributed by atoms with van der Waals surface area (Å²) in [6, 6.07) is 9.58. The van der Waals surface area contributed by atoms with Crippen molar-refractivity contribution in [2.75, 3.05) is 25.5 Å². The molecule has 30 heavy (non-hydrogen) atoms. The number of carbonyl (C=O) groups is 1. The molecular formula is C24H28N4O2. The first-order valence-electron chi connectivity index (χ1n) is 10.4. The average molecular weight is 405 g/mol. The van der Waals surface area contributed by atoms with Gasteiger partial charge in [-0.15, -0.1) is 0 Å². The second-order valence-corrected chi connectivity index (χ2v) is 8.43. The first kappa shape index (κ1) is 20.3. The van der Waals surface area contributed by atoms with Crippen molar-refractivity contribution in [3.63, 3.8) is 0 Å². The molecule has 1 amide bonds. The first-order chi connectivity index (χ1) is 14.3. The molecule has 156 valence electrons. The summed E-state index contributed by atoms with van der Waals surface area (Å²) in [6.07, 6.45) is 3.75. The molecule has 1 atom stereocenters. The Kier molecular flexibility index (Phi) is 5.43. The monoisotopic (exact) mass is 404 g/mol. The number of rotatable bonds is 3. The van der Waals surface area contributed by atoms with Crippen LogP contribution >= 0.6 is 0 Å². The predicted octanol–water partition coefficient (Wildman–Crippen LogP) is 3.50. The number of fused-ring (bicyclic) bond motifs is 1. The Morgan fingerprint density at radius 3 is 2.70 bits per heavy atom. The van der Waals surface area contributed by atoms with Gasteiger partial charge < -0.3 is 14.8 Å². The number of nitrogens with zero attached hydrogens (tertiary/aromatic N) is 3. The number of nitrogens with one attached hydrogen (secondary N) is 1. The van der Waals surface area contributed by atoms with E-state index in [1.165, 1.54) is 0 Å². The summed E-state index contributed by atoms with van der Waals surface area (Å²) >= 11 is 0. The molecule has 6 nitrogen and oxygen atoms in total. The van der Waals surface area contributed by atoms with Gasteiger partial charge in [0.15, 0.2) is 0 Å². The fraction of sp³-hybridized carbons (Fsp3) is 0.375. The van der Waals surface area contributed by atoms with E-state index in [1.807, 2.05) is 44.2 Å². The number of aromatic nitrogens is 2. The van der Waals surface area contributed by atoms with E-state index in [9.17, 15) is 9.59 Å². The molecule has 1 aromatic carbocycles. The quantitative estimate of drug-likeness (QED) is 0.726. The van der Waals surface area contributed by atoms with Crippen LogP contribution in [-0.4, -0.2) is 40.5 Å². The Morgan fingerprint density at radius 1 is 1.13 bits per heavy atom.